The van der Waals surface area contributed by atoms with Crippen molar-refractivity contribution < 1.29 is 9.59 Å². The number of amides is 2. The smallest absolute Gasteiger partial charge is 0.253 e. The van der Waals surface area contributed by atoms with Gasteiger partial charge in [-0.25, -0.2) is 0 Å². The van der Waals surface area contributed by atoms with Crippen LogP contribution in [-0.2, 0) is 11.3 Å². The first kappa shape index (κ1) is 28.0. The molecule has 0 aliphatic heterocycles. The van der Waals surface area contributed by atoms with Crippen LogP contribution < -0.4 is 10.6 Å². The molecule has 0 aliphatic rings. The summed E-state index contributed by atoms with van der Waals surface area (Å²) >= 11 is 11.0. The van der Waals surface area contributed by atoms with E-state index in [0.717, 1.165) is 15.7 Å². The maximum atomic E-state index is 13.0. The number of nitrogens with one attached hydrogen (secondary N) is 2. The average molecular weight is 591 g/mol. The van der Waals surface area contributed by atoms with E-state index in [-0.39, 0.29) is 23.5 Å². The molecule has 1 heterocycles. The van der Waals surface area contributed by atoms with Gasteiger partial charge in [-0.3, -0.25) is 9.59 Å². The average Bonchev–Trinajstić information content (AvgIpc) is 3.22. The van der Waals surface area contributed by atoms with Gasteiger partial charge in [-0.1, -0.05) is 71.3 Å². The van der Waals surface area contributed by atoms with Crippen LogP contribution in [0.1, 0.15) is 48.1 Å². The molecule has 2 N–H and O–H groups in total. The fraction of sp³-hybridized carbons (Fsp3) is 0.308. The van der Waals surface area contributed by atoms with Crippen molar-refractivity contribution in [3.63, 3.8) is 0 Å². The van der Waals surface area contributed by atoms with Gasteiger partial charge in [0.15, 0.2) is 11.0 Å². The number of hydrogen-bond acceptors (Lipinski definition) is 5. The van der Waals surface area contributed by atoms with Gasteiger partial charge in [-0.15, -0.1) is 16.8 Å². The van der Waals surface area contributed by atoms with E-state index in [0.29, 0.717) is 34.5 Å². The van der Waals surface area contributed by atoms with Crippen molar-refractivity contribution in [3.8, 4) is 0 Å². The molecule has 1 aromatic heterocycles. The van der Waals surface area contributed by atoms with E-state index in [2.05, 4.69) is 57.2 Å². The molecule has 2 aromatic carbocycles. The highest BCUT2D eigenvalue weighted by Gasteiger charge is 2.25. The zero-order valence-electron chi connectivity index (χ0n) is 20.4. The maximum absolute atomic E-state index is 13.0. The van der Waals surface area contributed by atoms with Crippen LogP contribution in [-0.4, -0.2) is 32.3 Å². The third-order valence-corrected chi connectivity index (χ3v) is 7.08. The molecule has 10 heteroatoms. The molecule has 0 spiro atoms. The fourth-order valence-electron chi connectivity index (χ4n) is 3.63. The number of rotatable bonds is 11. The van der Waals surface area contributed by atoms with Crippen molar-refractivity contribution in [2.75, 3.05) is 11.1 Å². The highest BCUT2D eigenvalue weighted by Crippen LogP contribution is 2.27. The van der Waals surface area contributed by atoms with Gasteiger partial charge < -0.3 is 15.2 Å². The summed E-state index contributed by atoms with van der Waals surface area (Å²) in [5, 5.41) is 15.7. The van der Waals surface area contributed by atoms with E-state index in [1.807, 2.05) is 29.7 Å². The molecule has 0 aliphatic carbocycles. The number of nitrogens with zero attached hydrogens (tertiary/aromatic N) is 3. The van der Waals surface area contributed by atoms with Crippen molar-refractivity contribution in [2.24, 2.45) is 5.92 Å². The van der Waals surface area contributed by atoms with Crippen molar-refractivity contribution in [2.45, 2.75) is 44.9 Å². The van der Waals surface area contributed by atoms with Crippen molar-refractivity contribution in [1.29, 1.82) is 0 Å². The first-order valence-corrected chi connectivity index (χ1v) is 13.6. The molecule has 3 aromatic rings. The first-order valence-electron chi connectivity index (χ1n) is 11.5. The molecule has 0 saturated heterocycles. The van der Waals surface area contributed by atoms with Crippen LogP contribution in [0.25, 0.3) is 0 Å². The molecule has 0 saturated carbocycles. The Bertz CT molecular complexity index is 1250. The Morgan fingerprint density at radius 2 is 1.97 bits per heavy atom. The minimum Gasteiger partial charge on any atom is -0.342 e. The van der Waals surface area contributed by atoms with Crippen LogP contribution in [0.5, 0.6) is 0 Å². The fourth-order valence-corrected chi connectivity index (χ4v) is 5.08. The topological polar surface area (TPSA) is 88.9 Å². The lowest BCUT2D eigenvalue weighted by Gasteiger charge is -2.21. The van der Waals surface area contributed by atoms with Crippen LogP contribution in [0, 0.1) is 12.8 Å². The second-order valence-corrected chi connectivity index (χ2v) is 10.9. The van der Waals surface area contributed by atoms with Gasteiger partial charge in [0.2, 0.25) is 5.91 Å². The summed E-state index contributed by atoms with van der Waals surface area (Å²) in [5.74, 6) is 0.622. The lowest BCUT2D eigenvalue weighted by Crippen LogP contribution is -2.32. The number of hydrogen-bond donors (Lipinski definition) is 2. The zero-order chi connectivity index (χ0) is 26.2. The van der Waals surface area contributed by atoms with E-state index < -0.39 is 6.04 Å². The van der Waals surface area contributed by atoms with Crippen LogP contribution in [0.3, 0.4) is 0 Å². The van der Waals surface area contributed by atoms with Crippen LogP contribution in [0.4, 0.5) is 5.69 Å². The van der Waals surface area contributed by atoms with Gasteiger partial charge in [0.1, 0.15) is 0 Å². The minimum atomic E-state index is -0.394. The number of aromatic nitrogens is 3. The van der Waals surface area contributed by atoms with Gasteiger partial charge in [-0.2, -0.15) is 0 Å². The van der Waals surface area contributed by atoms with Gasteiger partial charge in [-0.05, 0) is 55.2 Å². The van der Waals surface area contributed by atoms with E-state index >= 15 is 0 Å². The number of allylic oxidation sites excluding steroid dienone is 1. The Balaban J connectivity index is 1.78. The predicted molar refractivity (Wildman–Crippen MR) is 150 cm³/mol. The second-order valence-electron chi connectivity index (χ2n) is 8.67. The standard InChI is InChI=1S/C26H29BrClN5O2S/c1-5-12-33-24(22(13-16(2)3)30-25(35)19-8-6-7-9-20(19)28)31-32-26(33)36-15-23(34)29-21-11-10-18(27)14-17(21)4/h5-11,14,16,22H,1,12-13,15H2,2-4H3,(H,29,34)(H,30,35)/t22-/m1/s1. The lowest BCUT2D eigenvalue weighted by atomic mass is 10.0. The van der Waals surface area contributed by atoms with Gasteiger partial charge in [0.25, 0.3) is 5.91 Å². The number of halogens is 2. The number of benzene rings is 2. The molecule has 0 radical (unpaired) electrons. The van der Waals surface area contributed by atoms with Crippen LogP contribution in [0.2, 0.25) is 5.02 Å². The summed E-state index contributed by atoms with van der Waals surface area (Å²) in [7, 11) is 0. The molecule has 0 unspecified atom stereocenters. The Morgan fingerprint density at radius 1 is 1.22 bits per heavy atom. The highest BCUT2D eigenvalue weighted by atomic mass is 79.9. The van der Waals surface area contributed by atoms with Crippen LogP contribution in [0.15, 0.2) is 64.7 Å². The maximum Gasteiger partial charge on any atom is 0.253 e. The largest absolute Gasteiger partial charge is 0.342 e. The Morgan fingerprint density at radius 3 is 2.64 bits per heavy atom. The van der Waals surface area contributed by atoms with E-state index in [1.54, 1.807) is 30.3 Å². The van der Waals surface area contributed by atoms with Gasteiger partial charge >= 0.3 is 0 Å². The number of anilines is 1. The Hall–Kier alpha value is -2.62. The molecule has 3 rings (SSSR count). The molecule has 190 valence electrons. The quantitative estimate of drug-likeness (QED) is 0.198. The predicted octanol–water partition coefficient (Wildman–Crippen LogP) is 6.44. The number of aryl methyl sites for hydroxylation is 1. The summed E-state index contributed by atoms with van der Waals surface area (Å²) in [6, 6.07) is 12.2. The van der Waals surface area contributed by atoms with Gasteiger partial charge in [0, 0.05) is 16.7 Å². The second kappa shape index (κ2) is 13.1. The van der Waals surface area contributed by atoms with Crippen LogP contribution >= 0.6 is 39.3 Å². The van der Waals surface area contributed by atoms with E-state index in [1.165, 1.54) is 11.8 Å². The third kappa shape index (κ3) is 7.44. The molecular weight excluding hydrogens is 562 g/mol. The zero-order valence-corrected chi connectivity index (χ0v) is 23.6. The molecule has 0 fully saturated rings. The summed E-state index contributed by atoms with van der Waals surface area (Å²) < 4.78 is 2.84. The van der Waals surface area contributed by atoms with Crippen molar-refractivity contribution in [3.05, 3.63) is 81.6 Å². The first-order chi connectivity index (χ1) is 17.2. The van der Waals surface area contributed by atoms with Crippen molar-refractivity contribution in [1.82, 2.24) is 20.1 Å². The minimum absolute atomic E-state index is 0.147. The molecule has 2 amide bonds. The molecule has 36 heavy (non-hydrogen) atoms. The summed E-state index contributed by atoms with van der Waals surface area (Å²) in [6.07, 6.45) is 2.39. The number of thioether (sulfide) groups is 1. The normalized spacial score (nSPS) is 11.8. The van der Waals surface area contributed by atoms with Gasteiger partial charge in [0.05, 0.1) is 22.4 Å². The monoisotopic (exact) mass is 589 g/mol. The van der Waals surface area contributed by atoms with Crippen molar-refractivity contribution >= 4 is 56.8 Å². The molecule has 7 nitrogen and oxygen atoms in total. The highest BCUT2D eigenvalue weighted by molar-refractivity contribution is 9.10. The summed E-state index contributed by atoms with van der Waals surface area (Å²) in [6.45, 7) is 10.4. The van der Waals surface area contributed by atoms with E-state index in [4.69, 9.17) is 11.6 Å². The number of carbonyl (C=O) groups excluding carboxylic acids is 2. The lowest BCUT2D eigenvalue weighted by molar-refractivity contribution is -0.113. The summed E-state index contributed by atoms with van der Waals surface area (Å²) in [4.78, 5) is 25.6. The molecular formula is C26H29BrClN5O2S. The molecule has 1 atom stereocenters. The third-order valence-electron chi connectivity index (χ3n) is 5.29. The molecule has 0 bridgehead atoms. The number of carbonyl (C=O) groups is 2. The van der Waals surface area contributed by atoms with E-state index in [9.17, 15) is 9.59 Å². The summed E-state index contributed by atoms with van der Waals surface area (Å²) in [5.41, 5.74) is 2.12. The Labute approximate surface area is 229 Å². The SMILES string of the molecule is C=CCn1c(SCC(=O)Nc2ccc(Br)cc2C)nnc1[C@@H](CC(C)C)NC(=O)c1ccccc1Cl. The Kier molecular flexibility index (Phi) is 10.2.